The summed E-state index contributed by atoms with van der Waals surface area (Å²) in [5.41, 5.74) is -0.496. The van der Waals surface area contributed by atoms with Crippen molar-refractivity contribution >= 4 is 40.9 Å². The molecule has 1 aromatic carbocycles. The number of alkyl halides is 3. The molecular formula is C21H24F3N3O5S. The van der Waals surface area contributed by atoms with E-state index in [1.54, 1.807) is 0 Å². The summed E-state index contributed by atoms with van der Waals surface area (Å²) in [4.78, 5) is 40.1. The molecule has 0 radical (unpaired) electrons. The van der Waals surface area contributed by atoms with Gasteiger partial charge in [0.1, 0.15) is 6.04 Å². The van der Waals surface area contributed by atoms with Crippen LogP contribution in [0, 0.1) is 0 Å². The SMILES string of the molecule is C[C@]12CCC(=O)N1[C@@H](C(=O)OCC(=O)Nc1cc(C(F)(F)F)ccc1N1CCOCC1)CS2. The summed E-state index contributed by atoms with van der Waals surface area (Å²) in [6.45, 7) is 2.98. The number of fused-ring (bicyclic) bond motifs is 1. The highest BCUT2D eigenvalue weighted by molar-refractivity contribution is 8.01. The Hall–Kier alpha value is -2.47. The van der Waals surface area contributed by atoms with Crippen molar-refractivity contribution in [2.24, 2.45) is 0 Å². The zero-order chi connectivity index (χ0) is 23.8. The number of morpholine rings is 1. The number of ether oxygens (including phenoxy) is 2. The third kappa shape index (κ3) is 4.91. The number of anilines is 2. The van der Waals surface area contributed by atoms with Crippen LogP contribution in [0.15, 0.2) is 18.2 Å². The first kappa shape index (κ1) is 23.7. The van der Waals surface area contributed by atoms with E-state index < -0.39 is 41.1 Å². The van der Waals surface area contributed by atoms with Gasteiger partial charge in [0, 0.05) is 25.3 Å². The molecule has 180 valence electrons. The summed E-state index contributed by atoms with van der Waals surface area (Å²) in [6.07, 6.45) is -3.58. The van der Waals surface area contributed by atoms with E-state index in [-0.39, 0.29) is 11.6 Å². The van der Waals surface area contributed by atoms with E-state index in [2.05, 4.69) is 5.32 Å². The molecule has 3 aliphatic heterocycles. The molecule has 0 aliphatic carbocycles. The lowest BCUT2D eigenvalue weighted by atomic mass is 10.1. The maximum atomic E-state index is 13.2. The highest BCUT2D eigenvalue weighted by Crippen LogP contribution is 2.47. The second kappa shape index (κ2) is 9.05. The predicted octanol–water partition coefficient (Wildman–Crippen LogP) is 2.48. The monoisotopic (exact) mass is 487 g/mol. The van der Waals surface area contributed by atoms with Crippen LogP contribution in [-0.4, -0.2) is 72.3 Å². The van der Waals surface area contributed by atoms with Crippen LogP contribution in [-0.2, 0) is 30.0 Å². The molecule has 0 unspecified atom stereocenters. The lowest BCUT2D eigenvalue weighted by Gasteiger charge is -2.31. The molecule has 3 fully saturated rings. The number of halogens is 3. The molecule has 3 aliphatic rings. The van der Waals surface area contributed by atoms with Gasteiger partial charge in [0.15, 0.2) is 6.61 Å². The standard InChI is InChI=1S/C21H24F3N3O5S/c1-20-5-4-18(29)27(20)16(12-33-20)19(30)32-11-17(28)25-14-10-13(21(22,23)24)2-3-15(14)26-6-8-31-9-7-26/h2-3,10,16H,4-9,11-12H2,1H3,(H,25,28)/t16-,20+/m1/s1. The summed E-state index contributed by atoms with van der Waals surface area (Å²) >= 11 is 1.50. The Morgan fingerprint density at radius 2 is 2.03 bits per heavy atom. The molecule has 3 saturated heterocycles. The summed E-state index contributed by atoms with van der Waals surface area (Å²) in [5.74, 6) is -1.22. The van der Waals surface area contributed by atoms with Gasteiger partial charge in [0.2, 0.25) is 5.91 Å². The van der Waals surface area contributed by atoms with Crippen LogP contribution >= 0.6 is 11.8 Å². The minimum Gasteiger partial charge on any atom is -0.454 e. The van der Waals surface area contributed by atoms with E-state index >= 15 is 0 Å². The van der Waals surface area contributed by atoms with Gasteiger partial charge in [-0.3, -0.25) is 9.59 Å². The van der Waals surface area contributed by atoms with Gasteiger partial charge in [-0.25, -0.2) is 4.79 Å². The molecule has 33 heavy (non-hydrogen) atoms. The van der Waals surface area contributed by atoms with Crippen molar-refractivity contribution in [1.29, 1.82) is 0 Å². The van der Waals surface area contributed by atoms with Crippen LogP contribution in [0.3, 0.4) is 0 Å². The zero-order valence-electron chi connectivity index (χ0n) is 17.9. The van der Waals surface area contributed by atoms with Crippen LogP contribution < -0.4 is 10.2 Å². The van der Waals surface area contributed by atoms with Crippen molar-refractivity contribution in [2.75, 3.05) is 48.9 Å². The molecular weight excluding hydrogens is 463 g/mol. The molecule has 0 bridgehead atoms. The molecule has 2 amide bonds. The zero-order valence-corrected chi connectivity index (χ0v) is 18.8. The quantitative estimate of drug-likeness (QED) is 0.639. The van der Waals surface area contributed by atoms with E-state index in [9.17, 15) is 27.6 Å². The summed E-state index contributed by atoms with van der Waals surface area (Å²) in [7, 11) is 0. The lowest BCUT2D eigenvalue weighted by molar-refractivity contribution is -0.155. The van der Waals surface area contributed by atoms with Crippen molar-refractivity contribution < 1.29 is 37.0 Å². The Balaban J connectivity index is 1.43. The van der Waals surface area contributed by atoms with Crippen molar-refractivity contribution in [3.63, 3.8) is 0 Å². The smallest absolute Gasteiger partial charge is 0.416 e. The Labute approximate surface area is 192 Å². The number of hydrogen-bond acceptors (Lipinski definition) is 7. The van der Waals surface area contributed by atoms with Gasteiger partial charge in [-0.15, -0.1) is 11.8 Å². The summed E-state index contributed by atoms with van der Waals surface area (Å²) < 4.78 is 50.1. The van der Waals surface area contributed by atoms with Gasteiger partial charge in [-0.1, -0.05) is 0 Å². The van der Waals surface area contributed by atoms with Crippen LogP contribution in [0.1, 0.15) is 25.3 Å². The van der Waals surface area contributed by atoms with Gasteiger partial charge >= 0.3 is 12.1 Å². The second-order valence-electron chi connectivity index (χ2n) is 8.25. The number of benzene rings is 1. The molecule has 12 heteroatoms. The van der Waals surface area contributed by atoms with Crippen LogP contribution in [0.25, 0.3) is 0 Å². The Morgan fingerprint density at radius 3 is 2.73 bits per heavy atom. The molecule has 2 atom stereocenters. The molecule has 1 N–H and O–H groups in total. The Morgan fingerprint density at radius 1 is 1.30 bits per heavy atom. The first-order chi connectivity index (χ1) is 15.6. The summed E-state index contributed by atoms with van der Waals surface area (Å²) in [5, 5.41) is 2.44. The van der Waals surface area contributed by atoms with E-state index in [0.29, 0.717) is 50.6 Å². The van der Waals surface area contributed by atoms with Gasteiger partial charge in [0.25, 0.3) is 5.91 Å². The highest BCUT2D eigenvalue weighted by atomic mass is 32.2. The van der Waals surface area contributed by atoms with Crippen LogP contribution in [0.5, 0.6) is 0 Å². The number of hydrogen-bond donors (Lipinski definition) is 1. The average molecular weight is 488 g/mol. The normalized spacial score (nSPS) is 25.2. The van der Waals surface area contributed by atoms with Crippen LogP contribution in [0.2, 0.25) is 0 Å². The number of amides is 2. The van der Waals surface area contributed by atoms with Crippen molar-refractivity contribution in [2.45, 2.75) is 36.9 Å². The largest absolute Gasteiger partial charge is 0.454 e. The Kier molecular flexibility index (Phi) is 6.50. The first-order valence-corrected chi connectivity index (χ1v) is 11.5. The van der Waals surface area contributed by atoms with Gasteiger partial charge in [-0.2, -0.15) is 13.2 Å². The first-order valence-electron chi connectivity index (χ1n) is 10.5. The van der Waals surface area contributed by atoms with E-state index in [1.165, 1.54) is 22.7 Å². The van der Waals surface area contributed by atoms with Crippen molar-refractivity contribution in [3.05, 3.63) is 23.8 Å². The molecule has 0 aromatic heterocycles. The number of carbonyl (C=O) groups excluding carboxylic acids is 3. The number of thioether (sulfide) groups is 1. The minimum absolute atomic E-state index is 0.0218. The molecule has 0 saturated carbocycles. The fourth-order valence-electron chi connectivity index (χ4n) is 4.31. The predicted molar refractivity (Wildman–Crippen MR) is 115 cm³/mol. The molecule has 1 aromatic rings. The number of rotatable bonds is 5. The maximum absolute atomic E-state index is 13.2. The maximum Gasteiger partial charge on any atom is 0.416 e. The number of nitrogens with one attached hydrogen (secondary N) is 1. The van der Waals surface area contributed by atoms with E-state index in [0.717, 1.165) is 12.1 Å². The molecule has 8 nitrogen and oxygen atoms in total. The van der Waals surface area contributed by atoms with Gasteiger partial charge in [-0.05, 0) is 31.5 Å². The van der Waals surface area contributed by atoms with E-state index in [4.69, 9.17) is 9.47 Å². The second-order valence-corrected chi connectivity index (χ2v) is 9.75. The van der Waals surface area contributed by atoms with Crippen molar-refractivity contribution in [1.82, 2.24) is 4.90 Å². The molecule has 0 spiro atoms. The summed E-state index contributed by atoms with van der Waals surface area (Å²) in [6, 6.07) is 2.36. The van der Waals surface area contributed by atoms with E-state index in [1.807, 2.05) is 11.8 Å². The van der Waals surface area contributed by atoms with Gasteiger partial charge in [0.05, 0.1) is 35.0 Å². The molecule has 3 heterocycles. The number of nitrogens with zero attached hydrogens (tertiary/aromatic N) is 2. The number of carbonyl (C=O) groups is 3. The fourth-order valence-corrected chi connectivity index (χ4v) is 5.72. The lowest BCUT2D eigenvalue weighted by Crippen LogP contribution is -2.47. The third-order valence-corrected chi connectivity index (χ3v) is 7.52. The Bertz CT molecular complexity index is 954. The highest BCUT2D eigenvalue weighted by Gasteiger charge is 2.53. The topological polar surface area (TPSA) is 88.2 Å². The molecule has 4 rings (SSSR count). The van der Waals surface area contributed by atoms with Crippen molar-refractivity contribution in [3.8, 4) is 0 Å². The number of esters is 1. The third-order valence-electron chi connectivity index (χ3n) is 6.01. The minimum atomic E-state index is -4.58. The average Bonchev–Trinajstić information content (AvgIpc) is 3.27. The van der Waals surface area contributed by atoms with Gasteiger partial charge < -0.3 is 24.6 Å². The fraction of sp³-hybridized carbons (Fsp3) is 0.571. The van der Waals surface area contributed by atoms with Crippen LogP contribution in [0.4, 0.5) is 24.5 Å².